The highest BCUT2D eigenvalue weighted by Gasteiger charge is 2.37. The Morgan fingerprint density at radius 1 is 1.11 bits per heavy atom. The third-order valence-electron chi connectivity index (χ3n) is 5.93. The van der Waals surface area contributed by atoms with E-state index in [0.717, 1.165) is 17.7 Å². The molecule has 0 heterocycles. The molecule has 1 saturated carbocycles. The molecule has 0 N–H and O–H groups in total. The summed E-state index contributed by atoms with van der Waals surface area (Å²) in [4.78, 5) is 0. The summed E-state index contributed by atoms with van der Waals surface area (Å²) >= 11 is 0. The standard InChI is InChI=1S/C25H33FO/c1-6-27-19-10-12-24(26)22(16-19)20-11-9-18(14-17(2)3)15-21(20)23-8-7-13-25(23,4)5/h9-12,15-17,23H,6-8,13-14H2,1-5H3/t23-/m0/s1. The number of hydrogen-bond donors (Lipinski definition) is 0. The van der Waals surface area contributed by atoms with Gasteiger partial charge in [-0.25, -0.2) is 4.39 Å². The molecule has 0 spiro atoms. The maximum absolute atomic E-state index is 14.8. The third-order valence-corrected chi connectivity index (χ3v) is 5.93. The van der Waals surface area contributed by atoms with Crippen LogP contribution in [0.1, 0.15) is 70.9 Å². The van der Waals surface area contributed by atoms with Gasteiger partial charge in [-0.2, -0.15) is 0 Å². The van der Waals surface area contributed by atoms with Crippen LogP contribution < -0.4 is 4.74 Å². The predicted molar refractivity (Wildman–Crippen MR) is 112 cm³/mol. The molecule has 3 rings (SSSR count). The van der Waals surface area contributed by atoms with Crippen molar-refractivity contribution in [1.29, 1.82) is 0 Å². The van der Waals surface area contributed by atoms with E-state index >= 15 is 0 Å². The molecule has 0 radical (unpaired) electrons. The highest BCUT2D eigenvalue weighted by Crippen LogP contribution is 2.51. The molecule has 1 fully saturated rings. The molecule has 0 saturated heterocycles. The lowest BCUT2D eigenvalue weighted by Gasteiger charge is -2.30. The summed E-state index contributed by atoms with van der Waals surface area (Å²) in [6.07, 6.45) is 4.71. The molecule has 0 amide bonds. The molecule has 146 valence electrons. The van der Waals surface area contributed by atoms with Gasteiger partial charge in [0, 0.05) is 5.56 Å². The van der Waals surface area contributed by atoms with Crippen molar-refractivity contribution in [2.24, 2.45) is 11.3 Å². The number of rotatable bonds is 6. The quantitative estimate of drug-likeness (QED) is 0.516. The Balaban J connectivity index is 2.13. The molecule has 0 unspecified atom stereocenters. The van der Waals surface area contributed by atoms with Crippen LogP contribution in [0.5, 0.6) is 5.75 Å². The Morgan fingerprint density at radius 3 is 2.52 bits per heavy atom. The Labute approximate surface area is 164 Å². The topological polar surface area (TPSA) is 9.23 Å². The van der Waals surface area contributed by atoms with Crippen molar-refractivity contribution < 1.29 is 9.13 Å². The highest BCUT2D eigenvalue weighted by molar-refractivity contribution is 5.71. The maximum atomic E-state index is 14.8. The van der Waals surface area contributed by atoms with Crippen LogP contribution in [0.15, 0.2) is 36.4 Å². The monoisotopic (exact) mass is 368 g/mol. The molecule has 2 aromatic rings. The van der Waals surface area contributed by atoms with Crippen LogP contribution in [0.4, 0.5) is 4.39 Å². The van der Waals surface area contributed by atoms with Crippen molar-refractivity contribution in [2.75, 3.05) is 6.61 Å². The molecular weight excluding hydrogens is 335 g/mol. The largest absolute Gasteiger partial charge is 0.494 e. The van der Waals surface area contributed by atoms with E-state index in [0.29, 0.717) is 24.0 Å². The Hall–Kier alpha value is -1.83. The van der Waals surface area contributed by atoms with Crippen molar-refractivity contribution in [3.8, 4) is 16.9 Å². The smallest absolute Gasteiger partial charge is 0.131 e. The summed E-state index contributed by atoms with van der Waals surface area (Å²) in [7, 11) is 0. The Bertz CT molecular complexity index is 791. The minimum Gasteiger partial charge on any atom is -0.494 e. The number of halogens is 1. The fraction of sp³-hybridized carbons (Fsp3) is 0.520. The van der Waals surface area contributed by atoms with E-state index in [1.54, 1.807) is 6.07 Å². The molecule has 27 heavy (non-hydrogen) atoms. The fourth-order valence-electron chi connectivity index (χ4n) is 4.61. The Kier molecular flexibility index (Phi) is 5.93. The van der Waals surface area contributed by atoms with E-state index in [1.165, 1.54) is 36.5 Å². The van der Waals surface area contributed by atoms with E-state index in [4.69, 9.17) is 4.74 Å². The summed E-state index contributed by atoms with van der Waals surface area (Å²) in [5, 5.41) is 0. The van der Waals surface area contributed by atoms with Gasteiger partial charge in [-0.1, -0.05) is 52.3 Å². The minimum atomic E-state index is -0.174. The molecule has 0 aromatic heterocycles. The van der Waals surface area contributed by atoms with Crippen LogP contribution in [0.25, 0.3) is 11.1 Å². The summed E-state index contributed by atoms with van der Waals surface area (Å²) in [6, 6.07) is 11.8. The first-order valence-electron chi connectivity index (χ1n) is 10.4. The number of benzene rings is 2. The van der Waals surface area contributed by atoms with Crippen LogP contribution in [0, 0.1) is 17.2 Å². The normalized spacial score (nSPS) is 18.9. The third kappa shape index (κ3) is 4.36. The van der Waals surface area contributed by atoms with Gasteiger partial charge in [0.1, 0.15) is 11.6 Å². The zero-order valence-corrected chi connectivity index (χ0v) is 17.4. The number of hydrogen-bond acceptors (Lipinski definition) is 1. The lowest BCUT2D eigenvalue weighted by atomic mass is 9.75. The first kappa shape index (κ1) is 19.9. The van der Waals surface area contributed by atoms with Gasteiger partial charge in [0.2, 0.25) is 0 Å². The van der Waals surface area contributed by atoms with Crippen molar-refractivity contribution in [3.63, 3.8) is 0 Å². The van der Waals surface area contributed by atoms with Crippen molar-refractivity contribution in [1.82, 2.24) is 0 Å². The van der Waals surface area contributed by atoms with E-state index in [-0.39, 0.29) is 11.2 Å². The van der Waals surface area contributed by atoms with Gasteiger partial charge >= 0.3 is 0 Å². The molecule has 0 aliphatic heterocycles. The van der Waals surface area contributed by atoms with Gasteiger partial charge < -0.3 is 4.74 Å². The lowest BCUT2D eigenvalue weighted by molar-refractivity contribution is 0.332. The number of ether oxygens (including phenoxy) is 1. The summed E-state index contributed by atoms with van der Waals surface area (Å²) in [5.41, 5.74) is 4.60. The van der Waals surface area contributed by atoms with E-state index in [9.17, 15) is 4.39 Å². The summed E-state index contributed by atoms with van der Waals surface area (Å²) in [5.74, 6) is 1.64. The SMILES string of the molecule is CCOc1ccc(F)c(-c2ccc(CC(C)C)cc2[C@@H]2CCCC2(C)C)c1. The van der Waals surface area contributed by atoms with Crippen LogP contribution in [-0.4, -0.2) is 6.61 Å². The first-order chi connectivity index (χ1) is 12.8. The van der Waals surface area contributed by atoms with Crippen molar-refractivity contribution in [2.45, 2.75) is 66.2 Å². The molecule has 0 bridgehead atoms. The molecule has 2 heteroatoms. The lowest BCUT2D eigenvalue weighted by Crippen LogP contribution is -2.16. The van der Waals surface area contributed by atoms with Crippen molar-refractivity contribution in [3.05, 3.63) is 53.3 Å². The van der Waals surface area contributed by atoms with Gasteiger partial charge in [-0.15, -0.1) is 0 Å². The van der Waals surface area contributed by atoms with Gasteiger partial charge in [0.15, 0.2) is 0 Å². The van der Waals surface area contributed by atoms with Gasteiger partial charge in [-0.05, 0) is 78.3 Å². The average Bonchev–Trinajstić information content (AvgIpc) is 2.95. The van der Waals surface area contributed by atoms with Gasteiger partial charge in [-0.3, -0.25) is 0 Å². The highest BCUT2D eigenvalue weighted by atomic mass is 19.1. The van der Waals surface area contributed by atoms with Crippen LogP contribution in [0.3, 0.4) is 0 Å². The zero-order valence-electron chi connectivity index (χ0n) is 17.4. The maximum Gasteiger partial charge on any atom is 0.131 e. The first-order valence-corrected chi connectivity index (χ1v) is 10.4. The average molecular weight is 369 g/mol. The summed E-state index contributed by atoms with van der Waals surface area (Å²) in [6.45, 7) is 11.8. The van der Waals surface area contributed by atoms with Crippen LogP contribution in [-0.2, 0) is 6.42 Å². The van der Waals surface area contributed by atoms with Crippen molar-refractivity contribution >= 4 is 0 Å². The molecular formula is C25H33FO. The molecule has 1 aliphatic carbocycles. The molecule has 1 aliphatic rings. The second-order valence-electron chi connectivity index (χ2n) is 9.03. The van der Waals surface area contributed by atoms with Crippen LogP contribution in [0.2, 0.25) is 0 Å². The fourth-order valence-corrected chi connectivity index (χ4v) is 4.61. The van der Waals surface area contributed by atoms with E-state index < -0.39 is 0 Å². The predicted octanol–water partition coefficient (Wildman–Crippen LogP) is 7.38. The summed E-state index contributed by atoms with van der Waals surface area (Å²) < 4.78 is 20.4. The molecule has 2 aromatic carbocycles. The van der Waals surface area contributed by atoms with Crippen LogP contribution >= 0.6 is 0 Å². The second kappa shape index (κ2) is 8.04. The minimum absolute atomic E-state index is 0.174. The van der Waals surface area contributed by atoms with E-state index in [2.05, 4.69) is 45.9 Å². The molecule has 1 atom stereocenters. The second-order valence-corrected chi connectivity index (χ2v) is 9.03. The van der Waals surface area contributed by atoms with Gasteiger partial charge in [0.05, 0.1) is 6.61 Å². The Morgan fingerprint density at radius 2 is 1.89 bits per heavy atom. The van der Waals surface area contributed by atoms with Gasteiger partial charge in [0.25, 0.3) is 0 Å². The zero-order chi connectivity index (χ0) is 19.6. The van der Waals surface area contributed by atoms with E-state index in [1.807, 2.05) is 13.0 Å². The molecule has 1 nitrogen and oxygen atoms in total.